The topological polar surface area (TPSA) is 7.68 Å². The Bertz CT molecular complexity index is 98.1. The second-order valence-corrected chi connectivity index (χ2v) is 3.34. The third kappa shape index (κ3) is 4.28. The number of rotatable bonds is 3. The lowest BCUT2D eigenvalue weighted by atomic mass is 10.3. The number of quaternary nitrogens is 1. The van der Waals surface area contributed by atoms with E-state index in [2.05, 4.69) is 18.9 Å². The van der Waals surface area contributed by atoms with Gasteiger partial charge in [0.1, 0.15) is 6.67 Å². The minimum absolute atomic E-state index is 0. The summed E-state index contributed by atoms with van der Waals surface area (Å²) >= 11 is 0. The average Bonchev–Trinajstić information content (AvgIpc) is 2.31. The zero-order valence-corrected chi connectivity index (χ0v) is 9.73. The highest BCUT2D eigenvalue weighted by atomic mass is 127. The average molecular weight is 270 g/mol. The highest BCUT2D eigenvalue weighted by Crippen LogP contribution is 1.84. The molecular formula is C8H19IN2. The molecule has 1 unspecified atom stereocenters. The number of hydrogen-bond donors (Lipinski definition) is 1. The fourth-order valence-electron chi connectivity index (χ4n) is 1.52. The Hall–Kier alpha value is 0.650. The number of halogens is 1. The summed E-state index contributed by atoms with van der Waals surface area (Å²) in [6.45, 7) is 7.55. The summed E-state index contributed by atoms with van der Waals surface area (Å²) in [6.07, 6.45) is 2.73. The zero-order chi connectivity index (χ0) is 7.40. The summed E-state index contributed by atoms with van der Waals surface area (Å²) in [6, 6.07) is 0. The predicted octanol–water partition coefficient (Wildman–Crippen LogP) is -3.42. The van der Waals surface area contributed by atoms with Gasteiger partial charge in [0.15, 0.2) is 0 Å². The monoisotopic (exact) mass is 270 g/mol. The Morgan fingerprint density at radius 2 is 2.18 bits per heavy atom. The van der Waals surface area contributed by atoms with Crippen LogP contribution in [0.4, 0.5) is 0 Å². The Morgan fingerprint density at radius 3 is 2.64 bits per heavy atom. The molecule has 1 atom stereocenters. The van der Waals surface area contributed by atoms with E-state index >= 15 is 0 Å². The van der Waals surface area contributed by atoms with E-state index in [1.165, 1.54) is 39.1 Å². The highest BCUT2D eigenvalue weighted by Gasteiger charge is 2.18. The number of nitrogens with zero attached hydrogens (tertiary/aromatic N) is 1. The summed E-state index contributed by atoms with van der Waals surface area (Å²) in [7, 11) is 2.21. The summed E-state index contributed by atoms with van der Waals surface area (Å²) in [5.74, 6) is 0. The molecule has 0 spiro atoms. The molecule has 0 saturated carbocycles. The van der Waals surface area contributed by atoms with E-state index in [1.54, 1.807) is 4.90 Å². The third-order valence-corrected chi connectivity index (χ3v) is 2.22. The van der Waals surface area contributed by atoms with Crippen LogP contribution in [0.15, 0.2) is 0 Å². The van der Waals surface area contributed by atoms with Crippen LogP contribution in [0.1, 0.15) is 19.8 Å². The molecule has 11 heavy (non-hydrogen) atoms. The molecule has 3 heteroatoms. The van der Waals surface area contributed by atoms with E-state index in [1.807, 2.05) is 0 Å². The van der Waals surface area contributed by atoms with Crippen molar-refractivity contribution in [2.45, 2.75) is 19.8 Å². The van der Waals surface area contributed by atoms with E-state index in [0.29, 0.717) is 0 Å². The van der Waals surface area contributed by atoms with Gasteiger partial charge in [0.05, 0.1) is 19.6 Å². The van der Waals surface area contributed by atoms with Crippen molar-refractivity contribution in [2.24, 2.45) is 0 Å². The third-order valence-electron chi connectivity index (χ3n) is 2.22. The molecule has 1 rings (SSSR count). The Morgan fingerprint density at radius 1 is 1.45 bits per heavy atom. The Labute approximate surface area is 87.0 Å². The minimum Gasteiger partial charge on any atom is -1.00 e. The molecule has 0 amide bonds. The van der Waals surface area contributed by atoms with Crippen molar-refractivity contribution in [3.05, 3.63) is 0 Å². The first-order chi connectivity index (χ1) is 4.83. The summed E-state index contributed by atoms with van der Waals surface area (Å²) in [5.41, 5.74) is 0. The summed E-state index contributed by atoms with van der Waals surface area (Å²) in [4.78, 5) is 4.18. The van der Waals surface area contributed by atoms with Crippen molar-refractivity contribution in [1.29, 1.82) is 0 Å². The number of likely N-dealkylation sites (N-methyl/N-ethyl adjacent to an activating group) is 1. The van der Waals surface area contributed by atoms with Crippen LogP contribution in [0.3, 0.4) is 0 Å². The molecule has 0 bridgehead atoms. The lowest BCUT2D eigenvalue weighted by Crippen LogP contribution is -3.10. The molecule has 1 fully saturated rings. The lowest BCUT2D eigenvalue weighted by Gasteiger charge is -2.10. The van der Waals surface area contributed by atoms with Gasteiger partial charge in [0.2, 0.25) is 0 Å². The smallest absolute Gasteiger partial charge is 0.133 e. The maximum Gasteiger partial charge on any atom is 0.133 e. The van der Waals surface area contributed by atoms with E-state index in [4.69, 9.17) is 0 Å². The quantitative estimate of drug-likeness (QED) is 0.525. The van der Waals surface area contributed by atoms with Gasteiger partial charge >= 0.3 is 0 Å². The van der Waals surface area contributed by atoms with Crippen LogP contribution in [0.25, 0.3) is 0 Å². The SMILES string of the molecule is CCCC[NH+]1CCN(C)C1.[I-]. The standard InChI is InChI=1S/C8H18N2.HI/c1-3-4-5-10-7-6-9(2)8-10;/h3-8H2,1-2H3;1H. The molecule has 1 aliphatic heterocycles. The first-order valence-electron chi connectivity index (χ1n) is 4.35. The van der Waals surface area contributed by atoms with Gasteiger partial charge in [-0.25, -0.2) is 0 Å². The molecule has 1 heterocycles. The van der Waals surface area contributed by atoms with Gasteiger partial charge in [-0.15, -0.1) is 0 Å². The normalized spacial score (nSPS) is 25.1. The fourth-order valence-corrected chi connectivity index (χ4v) is 1.52. The van der Waals surface area contributed by atoms with Crippen LogP contribution in [-0.4, -0.2) is 38.3 Å². The molecular weight excluding hydrogens is 251 g/mol. The van der Waals surface area contributed by atoms with Gasteiger partial charge in [-0.05, 0) is 13.5 Å². The van der Waals surface area contributed by atoms with Crippen LogP contribution in [0.2, 0.25) is 0 Å². The van der Waals surface area contributed by atoms with Crippen molar-refractivity contribution >= 4 is 0 Å². The van der Waals surface area contributed by atoms with Crippen molar-refractivity contribution in [2.75, 3.05) is 33.4 Å². The molecule has 68 valence electrons. The Kier molecular flexibility index (Phi) is 6.56. The van der Waals surface area contributed by atoms with Gasteiger partial charge in [-0.1, -0.05) is 13.3 Å². The molecule has 1 N–H and O–H groups in total. The van der Waals surface area contributed by atoms with Gasteiger partial charge in [0.25, 0.3) is 0 Å². The fraction of sp³-hybridized carbons (Fsp3) is 1.00. The first-order valence-corrected chi connectivity index (χ1v) is 4.35. The van der Waals surface area contributed by atoms with Crippen molar-refractivity contribution in [1.82, 2.24) is 4.90 Å². The van der Waals surface area contributed by atoms with Crippen LogP contribution >= 0.6 is 0 Å². The van der Waals surface area contributed by atoms with Crippen LogP contribution in [0, 0.1) is 0 Å². The van der Waals surface area contributed by atoms with E-state index in [9.17, 15) is 0 Å². The molecule has 0 aromatic carbocycles. The number of unbranched alkanes of at least 4 members (excludes halogenated alkanes) is 1. The lowest BCUT2D eigenvalue weighted by molar-refractivity contribution is -0.891. The van der Waals surface area contributed by atoms with E-state index < -0.39 is 0 Å². The zero-order valence-electron chi connectivity index (χ0n) is 7.57. The Balaban J connectivity index is 0.000001000. The number of hydrogen-bond acceptors (Lipinski definition) is 1. The maximum atomic E-state index is 2.41. The van der Waals surface area contributed by atoms with E-state index in [-0.39, 0.29) is 24.0 Å². The van der Waals surface area contributed by atoms with Crippen LogP contribution < -0.4 is 28.9 Å². The van der Waals surface area contributed by atoms with Crippen molar-refractivity contribution in [3.8, 4) is 0 Å². The summed E-state index contributed by atoms with van der Waals surface area (Å²) < 4.78 is 0. The van der Waals surface area contributed by atoms with E-state index in [0.717, 1.165) is 0 Å². The van der Waals surface area contributed by atoms with Crippen molar-refractivity contribution < 1.29 is 28.9 Å². The van der Waals surface area contributed by atoms with Gasteiger partial charge in [-0.3, -0.25) is 4.90 Å². The first kappa shape index (κ1) is 11.6. The molecule has 1 aliphatic rings. The molecule has 0 aromatic rings. The second-order valence-electron chi connectivity index (χ2n) is 3.34. The molecule has 0 aromatic heterocycles. The number of nitrogens with one attached hydrogen (secondary N) is 1. The van der Waals surface area contributed by atoms with Gasteiger partial charge in [0, 0.05) is 0 Å². The van der Waals surface area contributed by atoms with Gasteiger partial charge < -0.3 is 28.9 Å². The summed E-state index contributed by atoms with van der Waals surface area (Å²) in [5, 5.41) is 0. The largest absolute Gasteiger partial charge is 1.00 e. The van der Waals surface area contributed by atoms with Gasteiger partial charge in [-0.2, -0.15) is 0 Å². The second kappa shape index (κ2) is 6.20. The molecule has 2 nitrogen and oxygen atoms in total. The minimum atomic E-state index is 0. The van der Waals surface area contributed by atoms with Crippen molar-refractivity contribution in [3.63, 3.8) is 0 Å². The van der Waals surface area contributed by atoms with Crippen LogP contribution in [0.5, 0.6) is 0 Å². The van der Waals surface area contributed by atoms with Crippen LogP contribution in [-0.2, 0) is 0 Å². The molecule has 0 radical (unpaired) electrons. The maximum absolute atomic E-state index is 2.41. The predicted molar refractivity (Wildman–Crippen MR) is 43.1 cm³/mol. The molecule has 1 saturated heterocycles. The highest BCUT2D eigenvalue weighted by molar-refractivity contribution is 4.48. The molecule has 0 aliphatic carbocycles.